The van der Waals surface area contributed by atoms with E-state index in [0.29, 0.717) is 27.3 Å². The van der Waals surface area contributed by atoms with Crippen molar-refractivity contribution in [3.8, 4) is 0 Å². The fraction of sp³-hybridized carbons (Fsp3) is 0.222. The second-order valence-corrected chi connectivity index (χ2v) is 11.3. The maximum atomic E-state index is 14.0. The molecule has 0 spiro atoms. The average molecular weight is 560 g/mol. The molecule has 0 saturated carbocycles. The van der Waals surface area contributed by atoms with E-state index in [1.54, 1.807) is 12.1 Å². The number of likely N-dealkylation sites (tertiary alicyclic amines) is 1. The summed E-state index contributed by atoms with van der Waals surface area (Å²) in [5.41, 5.74) is 3.08. The summed E-state index contributed by atoms with van der Waals surface area (Å²) >= 11 is 27.0. The number of benzene rings is 3. The Morgan fingerprint density at radius 1 is 0.833 bits per heavy atom. The van der Waals surface area contributed by atoms with Crippen LogP contribution in [0.2, 0.25) is 10.0 Å². The number of imide groups is 1. The number of rotatable bonds is 3. The van der Waals surface area contributed by atoms with Crippen molar-refractivity contribution >= 4 is 69.8 Å². The molecule has 0 aromatic heterocycles. The summed E-state index contributed by atoms with van der Waals surface area (Å²) in [4.78, 5) is 39.5. The van der Waals surface area contributed by atoms with Crippen LogP contribution in [0.3, 0.4) is 0 Å². The first-order valence-corrected chi connectivity index (χ1v) is 12.8. The SMILES string of the molecule is C[C@@H](C(=O)Nc1cc(Cl)ccc1Cl)N1C(=O)[C@@H]2[C@H](C1=O)C1(Cl)c3ccccc3C2(Cl)c2ccccc21. The van der Waals surface area contributed by atoms with Crippen LogP contribution < -0.4 is 5.32 Å². The summed E-state index contributed by atoms with van der Waals surface area (Å²) in [7, 11) is 0. The second kappa shape index (κ2) is 7.96. The standard InChI is InChI=1S/C27H18Cl4N2O3/c1-13(23(34)32-20-12-14(28)10-11-19(20)29)33-24(35)21-22(25(33)36)27(31)16-7-3-2-6-15(16)26(21,30)17-8-4-5-9-18(17)27/h2-13,21-22H,1H3,(H,32,34)/t13-,21-,22+,26?,27?/m0/s1. The number of amides is 3. The van der Waals surface area contributed by atoms with E-state index < -0.39 is 45.3 Å². The Labute approximate surface area is 227 Å². The fourth-order valence-electron chi connectivity index (χ4n) is 6.02. The minimum atomic E-state index is -1.30. The molecule has 7 rings (SSSR count). The summed E-state index contributed by atoms with van der Waals surface area (Å²) in [6.45, 7) is 1.49. The van der Waals surface area contributed by atoms with Gasteiger partial charge in [-0.05, 0) is 47.4 Å². The largest absolute Gasteiger partial charge is 0.323 e. The number of halogens is 4. The molecule has 36 heavy (non-hydrogen) atoms. The molecule has 182 valence electrons. The molecule has 1 saturated heterocycles. The summed E-state index contributed by atoms with van der Waals surface area (Å²) in [5, 5.41) is 3.33. The molecule has 2 bridgehead atoms. The van der Waals surface area contributed by atoms with Gasteiger partial charge in [-0.3, -0.25) is 19.3 Å². The molecule has 0 radical (unpaired) electrons. The van der Waals surface area contributed by atoms with Gasteiger partial charge in [-0.15, -0.1) is 23.2 Å². The number of hydrogen-bond acceptors (Lipinski definition) is 3. The Morgan fingerprint density at radius 2 is 1.28 bits per heavy atom. The van der Waals surface area contributed by atoms with Crippen LogP contribution in [0.5, 0.6) is 0 Å². The third-order valence-corrected chi connectivity index (χ3v) is 9.42. The Hall–Kier alpha value is -2.57. The fourth-order valence-corrected chi connectivity index (χ4v) is 7.45. The van der Waals surface area contributed by atoms with Crippen molar-refractivity contribution in [1.29, 1.82) is 0 Å². The molecule has 9 heteroatoms. The van der Waals surface area contributed by atoms with Crippen LogP contribution in [-0.4, -0.2) is 28.7 Å². The molecule has 4 aliphatic rings. The highest BCUT2D eigenvalue weighted by molar-refractivity contribution is 6.37. The Morgan fingerprint density at radius 3 is 1.72 bits per heavy atom. The minimum Gasteiger partial charge on any atom is -0.323 e. The molecule has 0 unspecified atom stereocenters. The van der Waals surface area contributed by atoms with Crippen LogP contribution >= 0.6 is 46.4 Å². The van der Waals surface area contributed by atoms with Gasteiger partial charge in [-0.2, -0.15) is 0 Å². The monoisotopic (exact) mass is 558 g/mol. The summed E-state index contributed by atoms with van der Waals surface area (Å²) in [5.74, 6) is -3.60. The molecule has 1 fully saturated rings. The first kappa shape index (κ1) is 23.8. The Bertz CT molecular complexity index is 1370. The second-order valence-electron chi connectivity index (χ2n) is 9.31. The van der Waals surface area contributed by atoms with Crippen molar-refractivity contribution in [1.82, 2.24) is 4.90 Å². The van der Waals surface area contributed by atoms with Crippen LogP contribution in [0.15, 0.2) is 66.7 Å². The molecular weight excluding hydrogens is 542 g/mol. The van der Waals surface area contributed by atoms with Gasteiger partial charge in [0, 0.05) is 5.02 Å². The molecule has 3 aromatic carbocycles. The van der Waals surface area contributed by atoms with Crippen molar-refractivity contribution in [2.75, 3.05) is 5.32 Å². The maximum absolute atomic E-state index is 14.0. The van der Waals surface area contributed by atoms with Gasteiger partial charge >= 0.3 is 0 Å². The van der Waals surface area contributed by atoms with Crippen molar-refractivity contribution < 1.29 is 14.4 Å². The third-order valence-electron chi connectivity index (χ3n) is 7.57. The van der Waals surface area contributed by atoms with E-state index in [0.717, 1.165) is 4.90 Å². The van der Waals surface area contributed by atoms with Crippen LogP contribution in [0, 0.1) is 11.8 Å². The average Bonchev–Trinajstić information content (AvgIpc) is 3.15. The van der Waals surface area contributed by atoms with E-state index in [-0.39, 0.29) is 10.7 Å². The predicted molar refractivity (Wildman–Crippen MR) is 140 cm³/mol. The van der Waals surface area contributed by atoms with E-state index in [1.807, 2.05) is 48.5 Å². The van der Waals surface area contributed by atoms with Gasteiger partial charge in [0.15, 0.2) is 0 Å². The van der Waals surface area contributed by atoms with Crippen molar-refractivity contribution in [2.24, 2.45) is 11.8 Å². The predicted octanol–water partition coefficient (Wildman–Crippen LogP) is 5.91. The lowest BCUT2D eigenvalue weighted by Crippen LogP contribution is -2.57. The van der Waals surface area contributed by atoms with Crippen molar-refractivity contribution in [3.63, 3.8) is 0 Å². The van der Waals surface area contributed by atoms with E-state index in [9.17, 15) is 14.4 Å². The Kier molecular flexibility index (Phi) is 5.27. The molecule has 1 heterocycles. The van der Waals surface area contributed by atoms with Gasteiger partial charge in [0.25, 0.3) is 0 Å². The van der Waals surface area contributed by atoms with Crippen molar-refractivity contribution in [3.05, 3.63) is 99.0 Å². The van der Waals surface area contributed by atoms with Gasteiger partial charge in [-0.1, -0.05) is 71.7 Å². The minimum absolute atomic E-state index is 0.274. The topological polar surface area (TPSA) is 66.5 Å². The molecule has 3 aliphatic carbocycles. The molecule has 5 nitrogen and oxygen atoms in total. The number of hydrogen-bond donors (Lipinski definition) is 1. The summed E-state index contributed by atoms with van der Waals surface area (Å²) in [6.07, 6.45) is 0. The highest BCUT2D eigenvalue weighted by atomic mass is 35.5. The van der Waals surface area contributed by atoms with E-state index >= 15 is 0 Å². The lowest BCUT2D eigenvalue weighted by molar-refractivity contribution is -0.146. The van der Waals surface area contributed by atoms with Gasteiger partial charge in [0.2, 0.25) is 17.7 Å². The van der Waals surface area contributed by atoms with Crippen LogP contribution in [0.4, 0.5) is 5.69 Å². The first-order valence-electron chi connectivity index (χ1n) is 11.3. The summed E-state index contributed by atoms with van der Waals surface area (Å²) in [6, 6.07) is 18.2. The number of carbonyl (C=O) groups excluding carboxylic acids is 3. The van der Waals surface area contributed by atoms with Gasteiger partial charge < -0.3 is 5.32 Å². The summed E-state index contributed by atoms with van der Waals surface area (Å²) < 4.78 is 0. The number of nitrogens with one attached hydrogen (secondary N) is 1. The lowest BCUT2D eigenvalue weighted by atomic mass is 9.54. The van der Waals surface area contributed by atoms with Crippen LogP contribution in [0.25, 0.3) is 0 Å². The first-order chi connectivity index (χ1) is 17.1. The van der Waals surface area contributed by atoms with Gasteiger partial charge in [0.1, 0.15) is 15.8 Å². The normalized spacial score (nSPS) is 28.4. The van der Waals surface area contributed by atoms with Gasteiger partial charge in [0.05, 0.1) is 22.5 Å². The van der Waals surface area contributed by atoms with E-state index in [2.05, 4.69) is 5.32 Å². The maximum Gasteiger partial charge on any atom is 0.247 e. The lowest BCUT2D eigenvalue weighted by Gasteiger charge is -2.54. The quantitative estimate of drug-likeness (QED) is 0.320. The van der Waals surface area contributed by atoms with Gasteiger partial charge in [-0.25, -0.2) is 0 Å². The number of carbonyl (C=O) groups is 3. The molecule has 3 amide bonds. The smallest absolute Gasteiger partial charge is 0.247 e. The van der Waals surface area contributed by atoms with Crippen LogP contribution in [-0.2, 0) is 24.1 Å². The molecular formula is C27H18Cl4N2O3. The zero-order valence-corrected chi connectivity index (χ0v) is 21.8. The van der Waals surface area contributed by atoms with E-state index in [1.165, 1.54) is 13.0 Å². The molecule has 3 atom stereocenters. The third kappa shape index (κ3) is 2.89. The molecule has 1 N–H and O–H groups in total. The van der Waals surface area contributed by atoms with Crippen LogP contribution in [0.1, 0.15) is 29.2 Å². The highest BCUT2D eigenvalue weighted by Gasteiger charge is 2.73. The number of anilines is 1. The van der Waals surface area contributed by atoms with Crippen molar-refractivity contribution in [2.45, 2.75) is 22.7 Å². The number of nitrogens with zero attached hydrogens (tertiary/aromatic N) is 1. The highest BCUT2D eigenvalue weighted by Crippen LogP contribution is 2.69. The molecule has 1 aliphatic heterocycles. The van der Waals surface area contributed by atoms with E-state index in [4.69, 9.17) is 46.4 Å². The number of alkyl halides is 2. The zero-order valence-electron chi connectivity index (χ0n) is 18.8. The zero-order chi connectivity index (χ0) is 25.6. The Balaban J connectivity index is 1.45. The molecule has 3 aromatic rings.